The fourth-order valence-corrected chi connectivity index (χ4v) is 3.89. The Hall–Kier alpha value is -3.70. The van der Waals surface area contributed by atoms with Crippen molar-refractivity contribution in [1.82, 2.24) is 15.2 Å². The molecule has 0 saturated heterocycles. The quantitative estimate of drug-likeness (QED) is 0.370. The summed E-state index contributed by atoms with van der Waals surface area (Å²) in [6, 6.07) is 26.2. The summed E-state index contributed by atoms with van der Waals surface area (Å²) in [5.74, 6) is 0.710. The van der Waals surface area contributed by atoms with Crippen LogP contribution in [-0.4, -0.2) is 35.5 Å². The Kier molecular flexibility index (Phi) is 7.55. The molecule has 1 amide bonds. The summed E-state index contributed by atoms with van der Waals surface area (Å²) in [5.41, 5.74) is 5.30. The third-order valence-electron chi connectivity index (χ3n) is 5.70. The molecule has 4 rings (SSSR count). The predicted octanol–water partition coefficient (Wildman–Crippen LogP) is 5.37. The first-order valence-electron chi connectivity index (χ1n) is 11.6. The van der Waals surface area contributed by atoms with Gasteiger partial charge in [0.25, 0.3) is 5.91 Å². The molecule has 5 heteroatoms. The largest absolute Gasteiger partial charge is 0.489 e. The van der Waals surface area contributed by atoms with Crippen LogP contribution in [0.1, 0.15) is 34.0 Å². The molecule has 0 bridgehead atoms. The Balaban J connectivity index is 1.25. The maximum atomic E-state index is 12.3. The molecule has 1 aromatic heterocycles. The SMILES string of the molecule is Cc1ccc(C(=O)NCC(C)Oc2ccc(CN(C)Cc3ccc4ncccc4c3)cc2)cc1. The number of benzene rings is 3. The molecule has 34 heavy (non-hydrogen) atoms. The highest BCUT2D eigenvalue weighted by molar-refractivity contribution is 5.94. The van der Waals surface area contributed by atoms with E-state index in [1.807, 2.05) is 62.5 Å². The first kappa shape index (κ1) is 23.5. The number of nitrogens with one attached hydrogen (secondary N) is 1. The van der Waals surface area contributed by atoms with Gasteiger partial charge in [-0.25, -0.2) is 0 Å². The number of carbonyl (C=O) groups is 1. The molecule has 5 nitrogen and oxygen atoms in total. The summed E-state index contributed by atoms with van der Waals surface area (Å²) < 4.78 is 5.98. The van der Waals surface area contributed by atoms with E-state index in [0.717, 1.165) is 29.9 Å². The number of nitrogens with zero attached hydrogens (tertiary/aromatic N) is 2. The van der Waals surface area contributed by atoms with Crippen LogP contribution in [0.2, 0.25) is 0 Å². The predicted molar refractivity (Wildman–Crippen MR) is 137 cm³/mol. The molecule has 4 aromatic rings. The monoisotopic (exact) mass is 453 g/mol. The highest BCUT2D eigenvalue weighted by atomic mass is 16.5. The second-order valence-electron chi connectivity index (χ2n) is 8.85. The van der Waals surface area contributed by atoms with Gasteiger partial charge in [-0.3, -0.25) is 14.7 Å². The smallest absolute Gasteiger partial charge is 0.251 e. The molecule has 0 aliphatic heterocycles. The van der Waals surface area contributed by atoms with Crippen LogP contribution in [0.4, 0.5) is 0 Å². The van der Waals surface area contributed by atoms with E-state index < -0.39 is 0 Å². The van der Waals surface area contributed by atoms with E-state index >= 15 is 0 Å². The first-order valence-corrected chi connectivity index (χ1v) is 11.6. The summed E-state index contributed by atoms with van der Waals surface area (Å²) >= 11 is 0. The summed E-state index contributed by atoms with van der Waals surface area (Å²) in [7, 11) is 2.12. The Morgan fingerprint density at radius 1 is 0.971 bits per heavy atom. The number of aromatic nitrogens is 1. The van der Waals surface area contributed by atoms with Crippen LogP contribution in [0.3, 0.4) is 0 Å². The normalized spacial score (nSPS) is 12.0. The number of carbonyl (C=O) groups excluding carboxylic acids is 1. The van der Waals surface area contributed by atoms with Crippen LogP contribution in [0.5, 0.6) is 5.75 Å². The van der Waals surface area contributed by atoms with Crippen molar-refractivity contribution in [2.24, 2.45) is 0 Å². The zero-order chi connectivity index (χ0) is 23.9. The molecule has 1 atom stereocenters. The van der Waals surface area contributed by atoms with Gasteiger partial charge in [-0.15, -0.1) is 0 Å². The zero-order valence-electron chi connectivity index (χ0n) is 20.0. The van der Waals surface area contributed by atoms with Crippen LogP contribution in [0, 0.1) is 6.92 Å². The standard InChI is InChI=1S/C29H31N3O2/c1-21-6-11-25(12-7-21)29(33)31-18-22(2)34-27-13-8-23(9-14-27)19-32(3)20-24-10-15-28-26(17-24)5-4-16-30-28/h4-17,22H,18-20H2,1-3H3,(H,31,33). The third kappa shape index (κ3) is 6.42. The van der Waals surface area contributed by atoms with Gasteiger partial charge in [-0.2, -0.15) is 0 Å². The Morgan fingerprint density at radius 3 is 2.44 bits per heavy atom. The van der Waals surface area contributed by atoms with Crippen LogP contribution in [0.15, 0.2) is 85.1 Å². The molecular formula is C29H31N3O2. The summed E-state index contributed by atoms with van der Waals surface area (Å²) in [6.07, 6.45) is 1.69. The van der Waals surface area contributed by atoms with E-state index in [9.17, 15) is 4.79 Å². The third-order valence-corrected chi connectivity index (χ3v) is 5.70. The molecule has 0 radical (unpaired) electrons. The average Bonchev–Trinajstić information content (AvgIpc) is 2.84. The number of hydrogen-bond donors (Lipinski definition) is 1. The fourth-order valence-electron chi connectivity index (χ4n) is 3.89. The van der Waals surface area contributed by atoms with E-state index in [0.29, 0.717) is 12.1 Å². The van der Waals surface area contributed by atoms with Gasteiger partial charge in [-0.1, -0.05) is 42.0 Å². The van der Waals surface area contributed by atoms with Gasteiger partial charge in [0.2, 0.25) is 0 Å². The number of pyridine rings is 1. The average molecular weight is 454 g/mol. The van der Waals surface area contributed by atoms with Crippen molar-refractivity contribution in [3.8, 4) is 5.75 Å². The van der Waals surface area contributed by atoms with Gasteiger partial charge in [-0.05, 0) is 74.5 Å². The number of amides is 1. The van der Waals surface area contributed by atoms with Crippen molar-refractivity contribution in [3.63, 3.8) is 0 Å². The van der Waals surface area contributed by atoms with Crippen LogP contribution < -0.4 is 10.1 Å². The zero-order valence-corrected chi connectivity index (χ0v) is 20.0. The molecule has 0 aliphatic carbocycles. The van der Waals surface area contributed by atoms with Gasteiger partial charge in [0.15, 0.2) is 0 Å². The van der Waals surface area contributed by atoms with Gasteiger partial charge < -0.3 is 10.1 Å². The molecule has 0 aliphatic rings. The van der Waals surface area contributed by atoms with Gasteiger partial charge in [0.05, 0.1) is 12.1 Å². The molecule has 0 fully saturated rings. The molecule has 1 heterocycles. The summed E-state index contributed by atoms with van der Waals surface area (Å²) in [5, 5.41) is 4.10. The van der Waals surface area contributed by atoms with Crippen molar-refractivity contribution < 1.29 is 9.53 Å². The minimum Gasteiger partial charge on any atom is -0.489 e. The van der Waals surface area contributed by atoms with Crippen molar-refractivity contribution in [2.75, 3.05) is 13.6 Å². The van der Waals surface area contributed by atoms with E-state index in [2.05, 4.69) is 58.6 Å². The maximum absolute atomic E-state index is 12.3. The van der Waals surface area contributed by atoms with Crippen LogP contribution in [-0.2, 0) is 13.1 Å². The number of hydrogen-bond acceptors (Lipinski definition) is 4. The first-order chi connectivity index (χ1) is 16.5. The van der Waals surface area contributed by atoms with Gasteiger partial charge in [0.1, 0.15) is 11.9 Å². The molecule has 0 saturated carbocycles. The number of rotatable bonds is 9. The van der Waals surface area contributed by atoms with Gasteiger partial charge >= 0.3 is 0 Å². The fraction of sp³-hybridized carbons (Fsp3) is 0.241. The highest BCUT2D eigenvalue weighted by Crippen LogP contribution is 2.18. The van der Waals surface area contributed by atoms with Crippen molar-refractivity contribution in [1.29, 1.82) is 0 Å². The molecule has 0 spiro atoms. The van der Waals surface area contributed by atoms with Crippen LogP contribution >= 0.6 is 0 Å². The van der Waals surface area contributed by atoms with Crippen LogP contribution in [0.25, 0.3) is 10.9 Å². The molecule has 1 unspecified atom stereocenters. The van der Waals surface area contributed by atoms with E-state index in [1.165, 1.54) is 16.5 Å². The Morgan fingerprint density at radius 2 is 1.68 bits per heavy atom. The van der Waals surface area contributed by atoms with Crippen molar-refractivity contribution in [3.05, 3.63) is 107 Å². The molecule has 3 aromatic carbocycles. The minimum atomic E-state index is -0.134. The maximum Gasteiger partial charge on any atom is 0.251 e. The second-order valence-corrected chi connectivity index (χ2v) is 8.85. The molecular weight excluding hydrogens is 422 g/mol. The molecule has 174 valence electrons. The topological polar surface area (TPSA) is 54.5 Å². The summed E-state index contributed by atoms with van der Waals surface area (Å²) in [4.78, 5) is 19.0. The van der Waals surface area contributed by atoms with E-state index in [1.54, 1.807) is 0 Å². The van der Waals surface area contributed by atoms with Gasteiger partial charge in [0, 0.05) is 30.2 Å². The van der Waals surface area contributed by atoms with Crippen molar-refractivity contribution in [2.45, 2.75) is 33.0 Å². The minimum absolute atomic E-state index is 0.0866. The Bertz CT molecular complexity index is 1240. The lowest BCUT2D eigenvalue weighted by atomic mass is 10.1. The molecule has 1 N–H and O–H groups in total. The van der Waals surface area contributed by atoms with E-state index in [4.69, 9.17) is 4.74 Å². The van der Waals surface area contributed by atoms with E-state index in [-0.39, 0.29) is 12.0 Å². The lowest BCUT2D eigenvalue weighted by Crippen LogP contribution is -2.33. The number of aryl methyl sites for hydroxylation is 1. The number of fused-ring (bicyclic) bond motifs is 1. The second kappa shape index (κ2) is 10.9. The lowest BCUT2D eigenvalue weighted by Gasteiger charge is -2.18. The highest BCUT2D eigenvalue weighted by Gasteiger charge is 2.10. The lowest BCUT2D eigenvalue weighted by molar-refractivity contribution is 0.0932. The van der Waals surface area contributed by atoms with Crippen molar-refractivity contribution >= 4 is 16.8 Å². The summed E-state index contributed by atoms with van der Waals surface area (Å²) in [6.45, 7) is 6.10. The number of ether oxygens (including phenoxy) is 1. The Labute approximate surface area is 201 Å².